The highest BCUT2D eigenvalue weighted by molar-refractivity contribution is 7.98. The molecule has 0 aliphatic rings. The molecule has 6 heteroatoms. The Labute approximate surface area is 109 Å². The van der Waals surface area contributed by atoms with Gasteiger partial charge in [0.05, 0.1) is 11.6 Å². The molecule has 0 radical (unpaired) electrons. The number of hydrogen-bond donors (Lipinski definition) is 1. The molecular weight excluding hydrogens is 260 g/mol. The third-order valence-electron chi connectivity index (χ3n) is 2.73. The third-order valence-corrected chi connectivity index (χ3v) is 3.77. The maximum Gasteiger partial charge on any atom is 0.329 e. The van der Waals surface area contributed by atoms with Gasteiger partial charge in [-0.25, -0.2) is 4.79 Å². The third kappa shape index (κ3) is 2.96. The molecule has 0 aromatic carbocycles. The van der Waals surface area contributed by atoms with Crippen molar-refractivity contribution in [3.05, 3.63) is 31.6 Å². The average Bonchev–Trinajstić information content (AvgIpc) is 2.27. The number of H-pyrrole nitrogens is 1. The normalized spacial score (nSPS) is 12.7. The Bertz CT molecular complexity index is 495. The second-order valence-corrected chi connectivity index (χ2v) is 5.06. The molecule has 0 saturated carbocycles. The number of aromatic nitrogens is 2. The molecule has 1 atom stereocenters. The van der Waals surface area contributed by atoms with Crippen LogP contribution in [0.2, 0.25) is 5.15 Å². The lowest BCUT2D eigenvalue weighted by atomic mass is 10.2. The molecular formula is C11H17ClN2O2S. The van der Waals surface area contributed by atoms with E-state index in [0.29, 0.717) is 12.0 Å². The van der Waals surface area contributed by atoms with Crippen LogP contribution in [-0.2, 0) is 6.42 Å². The van der Waals surface area contributed by atoms with Crippen LogP contribution in [0.4, 0.5) is 0 Å². The Balaban J connectivity index is 3.42. The van der Waals surface area contributed by atoms with E-state index in [1.165, 1.54) is 4.57 Å². The number of nitrogens with one attached hydrogen (secondary N) is 1. The zero-order valence-corrected chi connectivity index (χ0v) is 11.8. The summed E-state index contributed by atoms with van der Waals surface area (Å²) < 4.78 is 1.29. The summed E-state index contributed by atoms with van der Waals surface area (Å²) in [6.07, 6.45) is 3.22. The maximum atomic E-state index is 12.2. The van der Waals surface area contributed by atoms with E-state index in [-0.39, 0.29) is 16.8 Å². The summed E-state index contributed by atoms with van der Waals surface area (Å²) in [7, 11) is 0. The van der Waals surface area contributed by atoms with Crippen molar-refractivity contribution in [2.45, 2.75) is 32.7 Å². The van der Waals surface area contributed by atoms with Gasteiger partial charge in [-0.1, -0.05) is 25.4 Å². The van der Waals surface area contributed by atoms with Gasteiger partial charge in [0, 0.05) is 5.75 Å². The predicted octanol–water partition coefficient (Wildman–Crippen LogP) is 2.07. The van der Waals surface area contributed by atoms with Crippen LogP contribution >= 0.6 is 23.4 Å². The second-order valence-electron chi connectivity index (χ2n) is 3.77. The molecule has 1 aromatic heterocycles. The Morgan fingerprint density at radius 1 is 1.41 bits per heavy atom. The quantitative estimate of drug-likeness (QED) is 0.838. The highest BCUT2D eigenvalue weighted by Gasteiger charge is 2.17. The number of rotatable bonds is 5. The van der Waals surface area contributed by atoms with Crippen molar-refractivity contribution in [1.82, 2.24) is 9.55 Å². The van der Waals surface area contributed by atoms with Gasteiger partial charge in [-0.05, 0) is 19.1 Å². The van der Waals surface area contributed by atoms with Crippen LogP contribution in [0.25, 0.3) is 0 Å². The Morgan fingerprint density at radius 2 is 2.06 bits per heavy atom. The van der Waals surface area contributed by atoms with E-state index in [4.69, 9.17) is 11.6 Å². The second kappa shape index (κ2) is 6.31. The van der Waals surface area contributed by atoms with Gasteiger partial charge in [-0.3, -0.25) is 14.3 Å². The van der Waals surface area contributed by atoms with E-state index in [1.54, 1.807) is 11.8 Å². The van der Waals surface area contributed by atoms with E-state index in [1.807, 2.05) is 20.1 Å². The van der Waals surface area contributed by atoms with Crippen LogP contribution < -0.4 is 11.2 Å². The van der Waals surface area contributed by atoms with Crippen molar-refractivity contribution >= 4 is 23.4 Å². The summed E-state index contributed by atoms with van der Waals surface area (Å²) in [5.41, 5.74) is -0.203. The zero-order valence-electron chi connectivity index (χ0n) is 10.2. The number of nitrogens with zero attached hydrogens (tertiary/aromatic N) is 1. The number of halogens is 1. The van der Waals surface area contributed by atoms with Crippen molar-refractivity contribution in [3.8, 4) is 0 Å². The van der Waals surface area contributed by atoms with Gasteiger partial charge in [-0.2, -0.15) is 11.8 Å². The lowest BCUT2D eigenvalue weighted by Gasteiger charge is -2.17. The lowest BCUT2D eigenvalue weighted by Crippen LogP contribution is -2.40. The minimum Gasteiger partial charge on any atom is -0.297 e. The highest BCUT2D eigenvalue weighted by atomic mass is 35.5. The first-order valence-corrected chi connectivity index (χ1v) is 7.36. The molecule has 0 amide bonds. The fraction of sp³-hybridized carbons (Fsp3) is 0.636. The highest BCUT2D eigenvalue weighted by Crippen LogP contribution is 2.14. The Morgan fingerprint density at radius 3 is 2.53 bits per heavy atom. The molecule has 0 aliphatic carbocycles. The van der Waals surface area contributed by atoms with Gasteiger partial charge in [0.15, 0.2) is 0 Å². The number of aromatic amines is 1. The monoisotopic (exact) mass is 276 g/mol. The van der Waals surface area contributed by atoms with Gasteiger partial charge in [0.25, 0.3) is 5.56 Å². The van der Waals surface area contributed by atoms with Crippen LogP contribution in [0.15, 0.2) is 9.59 Å². The van der Waals surface area contributed by atoms with Crippen LogP contribution in [0.3, 0.4) is 0 Å². The van der Waals surface area contributed by atoms with E-state index >= 15 is 0 Å². The van der Waals surface area contributed by atoms with Crippen molar-refractivity contribution in [2.24, 2.45) is 0 Å². The summed E-state index contributed by atoms with van der Waals surface area (Å²) in [5.74, 6) is 0.740. The molecule has 1 heterocycles. The molecule has 0 fully saturated rings. The lowest BCUT2D eigenvalue weighted by molar-refractivity contribution is 0.494. The topological polar surface area (TPSA) is 54.9 Å². The van der Waals surface area contributed by atoms with Crippen molar-refractivity contribution in [3.63, 3.8) is 0 Å². The van der Waals surface area contributed by atoms with Gasteiger partial charge >= 0.3 is 5.69 Å². The first-order chi connectivity index (χ1) is 8.06. The molecule has 96 valence electrons. The molecule has 0 spiro atoms. The molecule has 1 aromatic rings. The summed E-state index contributed by atoms with van der Waals surface area (Å²) in [6, 6.07) is -0.0798. The van der Waals surface area contributed by atoms with E-state index in [2.05, 4.69) is 4.98 Å². The minimum absolute atomic E-state index is 0.0798. The molecule has 0 aliphatic heterocycles. The fourth-order valence-corrected chi connectivity index (χ4v) is 2.83. The SMILES string of the molecule is CCc1c(Cl)[nH]c(=O)n(C(CC)CSC)c1=O. The molecule has 1 unspecified atom stereocenters. The van der Waals surface area contributed by atoms with E-state index in [0.717, 1.165) is 12.2 Å². The largest absolute Gasteiger partial charge is 0.329 e. The van der Waals surface area contributed by atoms with Crippen LogP contribution in [0.1, 0.15) is 31.9 Å². The van der Waals surface area contributed by atoms with Gasteiger partial charge < -0.3 is 0 Å². The smallest absolute Gasteiger partial charge is 0.297 e. The number of thioether (sulfide) groups is 1. The fourth-order valence-electron chi connectivity index (χ4n) is 1.77. The summed E-state index contributed by atoms with van der Waals surface area (Å²) in [5, 5.41) is 0.165. The first-order valence-electron chi connectivity index (χ1n) is 5.58. The van der Waals surface area contributed by atoms with Gasteiger partial charge in [-0.15, -0.1) is 0 Å². The first kappa shape index (κ1) is 14.4. The van der Waals surface area contributed by atoms with Gasteiger partial charge in [0.1, 0.15) is 5.15 Å². The Kier molecular flexibility index (Phi) is 5.33. The van der Waals surface area contributed by atoms with Crippen molar-refractivity contribution < 1.29 is 0 Å². The van der Waals surface area contributed by atoms with E-state index < -0.39 is 5.69 Å². The molecule has 1 rings (SSSR count). The summed E-state index contributed by atoms with van der Waals surface area (Å²) in [6.45, 7) is 3.81. The average molecular weight is 277 g/mol. The Hall–Kier alpha value is -0.680. The molecule has 1 N–H and O–H groups in total. The van der Waals surface area contributed by atoms with E-state index in [9.17, 15) is 9.59 Å². The van der Waals surface area contributed by atoms with Gasteiger partial charge in [0.2, 0.25) is 0 Å². The van der Waals surface area contributed by atoms with Crippen LogP contribution in [0.5, 0.6) is 0 Å². The molecule has 17 heavy (non-hydrogen) atoms. The van der Waals surface area contributed by atoms with Crippen molar-refractivity contribution in [1.29, 1.82) is 0 Å². The summed E-state index contributed by atoms with van der Waals surface area (Å²) in [4.78, 5) is 26.5. The molecule has 0 bridgehead atoms. The molecule has 0 saturated heterocycles. The number of hydrogen-bond acceptors (Lipinski definition) is 3. The minimum atomic E-state index is -0.418. The predicted molar refractivity (Wildman–Crippen MR) is 73.4 cm³/mol. The standard InChI is InChI=1S/C11H17ClN2O2S/c1-4-7(6-17-3)14-10(15)8(5-2)9(12)13-11(14)16/h7H,4-6H2,1-3H3,(H,13,16). The van der Waals surface area contributed by atoms with Crippen LogP contribution in [0, 0.1) is 0 Å². The zero-order chi connectivity index (χ0) is 13.0. The van der Waals surface area contributed by atoms with Crippen molar-refractivity contribution in [2.75, 3.05) is 12.0 Å². The molecule has 4 nitrogen and oxygen atoms in total. The van der Waals surface area contributed by atoms with Crippen LogP contribution in [-0.4, -0.2) is 21.6 Å². The summed E-state index contributed by atoms with van der Waals surface area (Å²) >= 11 is 7.48. The maximum absolute atomic E-state index is 12.2.